The van der Waals surface area contributed by atoms with Crippen LogP contribution in [-0.4, -0.2) is 44.3 Å². The summed E-state index contributed by atoms with van der Waals surface area (Å²) in [5, 5.41) is 0. The van der Waals surface area contributed by atoms with Crippen LogP contribution in [0.25, 0.3) is 0 Å². The molecule has 1 aliphatic heterocycles. The van der Waals surface area contributed by atoms with Crippen molar-refractivity contribution in [3.05, 3.63) is 0 Å². The lowest BCUT2D eigenvalue weighted by Gasteiger charge is -2.40. The fourth-order valence-electron chi connectivity index (χ4n) is 1.87. The topological polar surface area (TPSA) is 46.6 Å². The molecule has 0 aliphatic carbocycles. The van der Waals surface area contributed by atoms with E-state index in [0.717, 1.165) is 25.6 Å². The maximum atomic E-state index is 11.0. The van der Waals surface area contributed by atoms with Crippen LogP contribution in [0.4, 0.5) is 0 Å². The Balaban J connectivity index is 2.57. The van der Waals surface area contributed by atoms with Crippen molar-refractivity contribution in [2.45, 2.75) is 45.3 Å². The smallest absolute Gasteiger partial charge is 0.264 e. The average Bonchev–Trinajstić information content (AvgIpc) is 1.99. The highest BCUT2D eigenvalue weighted by molar-refractivity contribution is 7.86. The van der Waals surface area contributed by atoms with E-state index >= 15 is 0 Å². The second-order valence-corrected chi connectivity index (χ2v) is 6.78. The standard InChI is InChI=1S/C10H21NO3S/c1-10(2,3)11-7-5-6-9(8-11)14-15(4,12)13/h9H,5-8H2,1-4H3. The van der Waals surface area contributed by atoms with Gasteiger partial charge in [0.25, 0.3) is 10.1 Å². The summed E-state index contributed by atoms with van der Waals surface area (Å²) in [6, 6.07) is 0. The molecule has 15 heavy (non-hydrogen) atoms. The Morgan fingerprint density at radius 1 is 1.33 bits per heavy atom. The van der Waals surface area contributed by atoms with Crippen molar-refractivity contribution in [1.82, 2.24) is 4.90 Å². The highest BCUT2D eigenvalue weighted by Crippen LogP contribution is 2.22. The van der Waals surface area contributed by atoms with Gasteiger partial charge in [-0.2, -0.15) is 8.42 Å². The Morgan fingerprint density at radius 3 is 2.40 bits per heavy atom. The van der Waals surface area contributed by atoms with Gasteiger partial charge in [0, 0.05) is 12.1 Å². The van der Waals surface area contributed by atoms with E-state index in [1.54, 1.807) is 0 Å². The van der Waals surface area contributed by atoms with Crippen LogP contribution in [0.15, 0.2) is 0 Å². The van der Waals surface area contributed by atoms with Crippen LogP contribution in [0.3, 0.4) is 0 Å². The van der Waals surface area contributed by atoms with Gasteiger partial charge in [0.2, 0.25) is 0 Å². The van der Waals surface area contributed by atoms with Crippen molar-refractivity contribution >= 4 is 10.1 Å². The molecule has 0 aromatic rings. The Morgan fingerprint density at radius 2 is 1.93 bits per heavy atom. The first-order valence-electron chi connectivity index (χ1n) is 5.32. The number of hydrogen-bond donors (Lipinski definition) is 0. The van der Waals surface area contributed by atoms with Crippen molar-refractivity contribution < 1.29 is 12.6 Å². The van der Waals surface area contributed by atoms with Gasteiger partial charge in [0.1, 0.15) is 0 Å². The molecule has 0 N–H and O–H groups in total. The molecule has 1 saturated heterocycles. The molecule has 5 heteroatoms. The maximum absolute atomic E-state index is 11.0. The fraction of sp³-hybridized carbons (Fsp3) is 1.00. The first kappa shape index (κ1) is 12.9. The zero-order chi connectivity index (χ0) is 11.7. The van der Waals surface area contributed by atoms with Gasteiger partial charge in [-0.1, -0.05) is 0 Å². The van der Waals surface area contributed by atoms with Crippen molar-refractivity contribution in [2.24, 2.45) is 0 Å². The lowest BCUT2D eigenvalue weighted by molar-refractivity contribution is 0.0380. The van der Waals surface area contributed by atoms with Crippen molar-refractivity contribution in [1.29, 1.82) is 0 Å². The van der Waals surface area contributed by atoms with Gasteiger partial charge in [0.15, 0.2) is 0 Å². The summed E-state index contributed by atoms with van der Waals surface area (Å²) in [5.74, 6) is 0. The first-order valence-corrected chi connectivity index (χ1v) is 7.13. The van der Waals surface area contributed by atoms with Crippen LogP contribution in [-0.2, 0) is 14.3 Å². The van der Waals surface area contributed by atoms with Crippen LogP contribution in [0.1, 0.15) is 33.6 Å². The zero-order valence-electron chi connectivity index (χ0n) is 9.99. The molecule has 0 bridgehead atoms. The third-order valence-corrected chi connectivity index (χ3v) is 3.26. The molecule has 0 amide bonds. The molecule has 1 heterocycles. The quantitative estimate of drug-likeness (QED) is 0.675. The maximum Gasteiger partial charge on any atom is 0.264 e. The second-order valence-electron chi connectivity index (χ2n) is 5.18. The highest BCUT2D eigenvalue weighted by atomic mass is 32.2. The largest absolute Gasteiger partial charge is 0.296 e. The summed E-state index contributed by atoms with van der Waals surface area (Å²) in [6.07, 6.45) is 2.77. The SMILES string of the molecule is CC(C)(C)N1CCCC(OS(C)(=O)=O)C1. The molecule has 1 fully saturated rings. The number of nitrogens with zero attached hydrogens (tertiary/aromatic N) is 1. The molecular formula is C10H21NO3S. The van der Waals surface area contributed by atoms with Crippen molar-refractivity contribution in [3.8, 4) is 0 Å². The normalized spacial score (nSPS) is 25.5. The van der Waals surface area contributed by atoms with E-state index in [1.165, 1.54) is 0 Å². The fourth-order valence-corrected chi connectivity index (χ4v) is 2.52. The van der Waals surface area contributed by atoms with Gasteiger partial charge in [-0.05, 0) is 40.2 Å². The zero-order valence-corrected chi connectivity index (χ0v) is 10.8. The minimum Gasteiger partial charge on any atom is -0.296 e. The molecule has 0 aromatic carbocycles. The van der Waals surface area contributed by atoms with E-state index in [1.807, 2.05) is 0 Å². The molecule has 1 rings (SSSR count). The molecule has 0 radical (unpaired) electrons. The first-order chi connectivity index (χ1) is 6.68. The van der Waals surface area contributed by atoms with Crippen LogP contribution in [0.5, 0.6) is 0 Å². The summed E-state index contributed by atoms with van der Waals surface area (Å²) in [5.41, 5.74) is 0.0829. The minimum absolute atomic E-state index is 0.0829. The van der Waals surface area contributed by atoms with E-state index < -0.39 is 10.1 Å². The predicted octanol–water partition coefficient (Wildman–Crippen LogP) is 1.23. The van der Waals surface area contributed by atoms with E-state index in [0.29, 0.717) is 6.54 Å². The average molecular weight is 235 g/mol. The lowest BCUT2D eigenvalue weighted by atomic mass is 10.00. The number of piperidine rings is 1. The third-order valence-electron chi connectivity index (χ3n) is 2.64. The monoisotopic (exact) mass is 235 g/mol. The Kier molecular flexibility index (Phi) is 3.79. The molecular weight excluding hydrogens is 214 g/mol. The van der Waals surface area contributed by atoms with Gasteiger partial charge in [-0.15, -0.1) is 0 Å². The molecule has 4 nitrogen and oxygen atoms in total. The molecule has 1 aliphatic rings. The summed E-state index contributed by atoms with van der Waals surface area (Å²) in [7, 11) is -3.32. The molecule has 1 unspecified atom stereocenters. The van der Waals surface area contributed by atoms with Crippen LogP contribution in [0, 0.1) is 0 Å². The minimum atomic E-state index is -3.32. The Labute approximate surface area is 92.7 Å². The summed E-state index contributed by atoms with van der Waals surface area (Å²) in [6.45, 7) is 8.13. The van der Waals surface area contributed by atoms with E-state index in [-0.39, 0.29) is 11.6 Å². The van der Waals surface area contributed by atoms with Crippen LogP contribution >= 0.6 is 0 Å². The Hall–Kier alpha value is -0.130. The summed E-state index contributed by atoms with van der Waals surface area (Å²) < 4.78 is 27.1. The number of hydrogen-bond acceptors (Lipinski definition) is 4. The predicted molar refractivity (Wildman–Crippen MR) is 60.3 cm³/mol. The summed E-state index contributed by atoms with van der Waals surface area (Å²) in [4.78, 5) is 2.27. The van der Waals surface area contributed by atoms with Crippen molar-refractivity contribution in [2.75, 3.05) is 19.3 Å². The number of likely N-dealkylation sites (tertiary alicyclic amines) is 1. The van der Waals surface area contributed by atoms with E-state index in [4.69, 9.17) is 4.18 Å². The van der Waals surface area contributed by atoms with Gasteiger partial charge in [-0.25, -0.2) is 0 Å². The molecule has 90 valence electrons. The van der Waals surface area contributed by atoms with Crippen LogP contribution < -0.4 is 0 Å². The molecule has 0 spiro atoms. The van der Waals surface area contributed by atoms with Crippen LogP contribution in [0.2, 0.25) is 0 Å². The number of rotatable bonds is 2. The lowest BCUT2D eigenvalue weighted by Crippen LogP contribution is -2.49. The Bertz CT molecular complexity index is 305. The van der Waals surface area contributed by atoms with E-state index in [2.05, 4.69) is 25.7 Å². The molecule has 0 saturated carbocycles. The third kappa shape index (κ3) is 4.49. The van der Waals surface area contributed by atoms with Gasteiger partial charge in [0.05, 0.1) is 12.4 Å². The highest BCUT2D eigenvalue weighted by Gasteiger charge is 2.29. The van der Waals surface area contributed by atoms with Gasteiger partial charge < -0.3 is 0 Å². The molecule has 0 aromatic heterocycles. The molecule has 1 atom stereocenters. The van der Waals surface area contributed by atoms with Gasteiger partial charge in [-0.3, -0.25) is 9.08 Å². The second kappa shape index (κ2) is 4.39. The summed E-state index contributed by atoms with van der Waals surface area (Å²) >= 11 is 0. The van der Waals surface area contributed by atoms with E-state index in [9.17, 15) is 8.42 Å². The van der Waals surface area contributed by atoms with Gasteiger partial charge >= 0.3 is 0 Å². The van der Waals surface area contributed by atoms with Crippen molar-refractivity contribution in [3.63, 3.8) is 0 Å².